The first-order valence-electron chi connectivity index (χ1n) is 13.5. The molecule has 3 aliphatic rings. The number of imide groups is 1. The van der Waals surface area contributed by atoms with Gasteiger partial charge in [0.05, 0.1) is 19.8 Å². The summed E-state index contributed by atoms with van der Waals surface area (Å²) in [5.74, 6) is -2.29. The number of nitrogens with one attached hydrogen (secondary N) is 1. The minimum absolute atomic E-state index is 0.00902. The van der Waals surface area contributed by atoms with Crippen molar-refractivity contribution in [3.8, 4) is 0 Å². The van der Waals surface area contributed by atoms with E-state index < -0.39 is 92.4 Å². The topological polar surface area (TPSA) is 271 Å². The molecule has 240 valence electrons. The van der Waals surface area contributed by atoms with Gasteiger partial charge in [-0.15, -0.1) is 5.06 Å². The zero-order valence-electron chi connectivity index (χ0n) is 22.6. The van der Waals surface area contributed by atoms with Gasteiger partial charge in [-0.1, -0.05) is 0 Å². The van der Waals surface area contributed by atoms with Crippen LogP contribution in [0.25, 0.3) is 0 Å². The van der Waals surface area contributed by atoms with Crippen LogP contribution < -0.4 is 5.32 Å². The van der Waals surface area contributed by atoms with E-state index in [-0.39, 0.29) is 51.2 Å². The normalized spacial score (nSPS) is 35.4. The third-order valence-corrected chi connectivity index (χ3v) is 6.88. The van der Waals surface area contributed by atoms with Crippen LogP contribution in [0.15, 0.2) is 0 Å². The number of hydroxylamine groups is 2. The van der Waals surface area contributed by atoms with E-state index in [1.165, 1.54) is 0 Å². The molecule has 0 aromatic heterocycles. The number of hydrogen-bond acceptors (Lipinski definition) is 16. The summed E-state index contributed by atoms with van der Waals surface area (Å²) in [5, 5.41) is 72.8. The second kappa shape index (κ2) is 15.9. The summed E-state index contributed by atoms with van der Waals surface area (Å²) >= 11 is 0. The SMILES string of the molecule is O=C(CCCCC(=O)ON1C(=O)CCC1=O)NCCO[C@H]1O[C@H](CO[C@H]2O[C@H](CO)[C@@H](O)[C@H](O)[C@@H]2O)[C@@H](O)[C@H](O)[C@@H]1O. The highest BCUT2D eigenvalue weighted by atomic mass is 16.7. The van der Waals surface area contributed by atoms with Crippen LogP contribution in [0.1, 0.15) is 38.5 Å². The summed E-state index contributed by atoms with van der Waals surface area (Å²) in [7, 11) is 0. The number of unbranched alkanes of at least 4 members (excludes halogenated alkanes) is 1. The van der Waals surface area contributed by atoms with Gasteiger partial charge in [0.1, 0.15) is 48.8 Å². The molecule has 18 heteroatoms. The highest BCUT2D eigenvalue weighted by Gasteiger charge is 2.47. The first-order valence-corrected chi connectivity index (χ1v) is 13.5. The van der Waals surface area contributed by atoms with E-state index >= 15 is 0 Å². The van der Waals surface area contributed by atoms with Crippen LogP contribution in [-0.2, 0) is 43.0 Å². The summed E-state index contributed by atoms with van der Waals surface area (Å²) in [6, 6.07) is 0. The number of hydrogen-bond donors (Lipinski definition) is 8. The average molecular weight is 611 g/mol. The molecule has 3 amide bonds. The Morgan fingerprint density at radius 3 is 1.95 bits per heavy atom. The Morgan fingerprint density at radius 2 is 1.33 bits per heavy atom. The quantitative estimate of drug-likeness (QED) is 0.0675. The van der Waals surface area contributed by atoms with Crippen molar-refractivity contribution < 1.29 is 78.7 Å². The number of ether oxygens (including phenoxy) is 4. The smallest absolute Gasteiger partial charge is 0.333 e. The maximum absolute atomic E-state index is 12.0. The predicted octanol–water partition coefficient (Wildman–Crippen LogP) is -5.09. The maximum atomic E-state index is 12.0. The predicted molar refractivity (Wildman–Crippen MR) is 131 cm³/mol. The lowest BCUT2D eigenvalue weighted by atomic mass is 9.98. The summed E-state index contributed by atoms with van der Waals surface area (Å²) in [6.45, 7) is -1.37. The monoisotopic (exact) mass is 610 g/mol. The van der Waals surface area contributed by atoms with Gasteiger partial charge in [0, 0.05) is 32.2 Å². The summed E-state index contributed by atoms with van der Waals surface area (Å²) in [5.41, 5.74) is 0. The second-order valence-electron chi connectivity index (χ2n) is 10.0. The lowest BCUT2D eigenvalue weighted by molar-refractivity contribution is -0.330. The molecule has 3 heterocycles. The Morgan fingerprint density at radius 1 is 0.786 bits per heavy atom. The molecule has 8 N–H and O–H groups in total. The highest BCUT2D eigenvalue weighted by Crippen LogP contribution is 2.26. The van der Waals surface area contributed by atoms with Crippen LogP contribution >= 0.6 is 0 Å². The fourth-order valence-electron chi connectivity index (χ4n) is 4.40. The minimum atomic E-state index is -1.71. The molecule has 10 atom stereocenters. The number of nitrogens with zero attached hydrogens (tertiary/aromatic N) is 1. The Hall–Kier alpha value is -2.36. The zero-order chi connectivity index (χ0) is 31.0. The molecule has 0 aromatic carbocycles. The van der Waals surface area contributed by atoms with Gasteiger partial charge in [0.2, 0.25) is 5.91 Å². The number of rotatable bonds is 14. The molecule has 3 fully saturated rings. The van der Waals surface area contributed by atoms with Crippen molar-refractivity contribution in [2.24, 2.45) is 0 Å². The maximum Gasteiger partial charge on any atom is 0.333 e. The van der Waals surface area contributed by atoms with Gasteiger partial charge in [0.25, 0.3) is 11.8 Å². The van der Waals surface area contributed by atoms with Crippen molar-refractivity contribution in [1.82, 2.24) is 10.4 Å². The van der Waals surface area contributed by atoms with Crippen LogP contribution in [0, 0.1) is 0 Å². The number of carbonyl (C=O) groups excluding carboxylic acids is 4. The molecule has 42 heavy (non-hydrogen) atoms. The minimum Gasteiger partial charge on any atom is -0.394 e. The highest BCUT2D eigenvalue weighted by molar-refractivity contribution is 6.01. The van der Waals surface area contributed by atoms with Crippen molar-refractivity contribution in [2.75, 3.05) is 26.4 Å². The lowest BCUT2D eigenvalue weighted by Crippen LogP contribution is -2.61. The van der Waals surface area contributed by atoms with Gasteiger partial charge in [0.15, 0.2) is 12.6 Å². The molecule has 18 nitrogen and oxygen atoms in total. The van der Waals surface area contributed by atoms with Crippen LogP contribution in [0.2, 0.25) is 0 Å². The van der Waals surface area contributed by atoms with Crippen molar-refractivity contribution in [2.45, 2.75) is 99.9 Å². The molecule has 3 aliphatic heterocycles. The average Bonchev–Trinajstić information content (AvgIpc) is 3.28. The van der Waals surface area contributed by atoms with E-state index in [0.29, 0.717) is 11.5 Å². The third kappa shape index (κ3) is 8.83. The Balaban J connectivity index is 1.33. The largest absolute Gasteiger partial charge is 0.394 e. The van der Waals surface area contributed by atoms with Gasteiger partial charge >= 0.3 is 5.97 Å². The van der Waals surface area contributed by atoms with Crippen LogP contribution in [0.4, 0.5) is 0 Å². The zero-order valence-corrected chi connectivity index (χ0v) is 22.6. The van der Waals surface area contributed by atoms with Crippen LogP contribution in [-0.4, -0.2) is 152 Å². The summed E-state index contributed by atoms with van der Waals surface area (Å²) in [6.07, 6.45) is -14.9. The first-order chi connectivity index (χ1) is 19.9. The molecule has 0 bridgehead atoms. The lowest BCUT2D eigenvalue weighted by Gasteiger charge is -2.42. The molecular weight excluding hydrogens is 572 g/mol. The summed E-state index contributed by atoms with van der Waals surface area (Å²) in [4.78, 5) is 51.4. The van der Waals surface area contributed by atoms with Crippen molar-refractivity contribution in [3.63, 3.8) is 0 Å². The molecule has 0 radical (unpaired) electrons. The first kappa shape index (κ1) is 34.1. The van der Waals surface area contributed by atoms with Gasteiger partial charge in [-0.05, 0) is 12.8 Å². The second-order valence-corrected chi connectivity index (χ2v) is 10.0. The number of aliphatic hydroxyl groups excluding tert-OH is 7. The van der Waals surface area contributed by atoms with Gasteiger partial charge in [-0.25, -0.2) is 4.79 Å². The van der Waals surface area contributed by atoms with E-state index in [4.69, 9.17) is 23.8 Å². The molecule has 0 unspecified atom stereocenters. The Labute approximate surface area is 239 Å². The van der Waals surface area contributed by atoms with Crippen molar-refractivity contribution in [3.05, 3.63) is 0 Å². The van der Waals surface area contributed by atoms with Crippen LogP contribution in [0.5, 0.6) is 0 Å². The number of aliphatic hydroxyl groups is 7. The van der Waals surface area contributed by atoms with Crippen LogP contribution in [0.3, 0.4) is 0 Å². The van der Waals surface area contributed by atoms with E-state index in [1.807, 2.05) is 0 Å². The van der Waals surface area contributed by atoms with E-state index in [1.54, 1.807) is 0 Å². The van der Waals surface area contributed by atoms with Gasteiger partial charge in [-0.2, -0.15) is 0 Å². The fraction of sp³-hybridized carbons (Fsp3) is 0.833. The molecule has 0 spiro atoms. The van der Waals surface area contributed by atoms with E-state index in [9.17, 15) is 54.9 Å². The molecular formula is C24H38N2O16. The molecule has 0 aliphatic carbocycles. The number of carbonyl (C=O) groups is 4. The third-order valence-electron chi connectivity index (χ3n) is 6.88. The molecule has 0 saturated carbocycles. The standard InChI is InChI=1S/C24H38N2O16/c27-9-11-17(32)19(34)22(37)24(40-11)39-10-12-18(33)20(35)21(36)23(41-12)38-8-7-25-13(28)3-1-2-4-16(31)42-26-14(29)5-6-15(26)30/h11-12,17-24,27,32-37H,1-10H2,(H,25,28)/t11-,12-,17-,18-,19+,20+,21+,22+,23+,24+/m1/s1. The number of amides is 3. The van der Waals surface area contributed by atoms with E-state index in [0.717, 1.165) is 0 Å². The Bertz CT molecular complexity index is 920. The molecule has 0 aromatic rings. The molecule has 3 rings (SSSR count). The van der Waals surface area contributed by atoms with Crippen molar-refractivity contribution in [1.29, 1.82) is 0 Å². The fourth-order valence-corrected chi connectivity index (χ4v) is 4.40. The van der Waals surface area contributed by atoms with Gasteiger partial charge < -0.3 is 64.8 Å². The Kier molecular flexibility index (Phi) is 12.9. The summed E-state index contributed by atoms with van der Waals surface area (Å²) < 4.78 is 21.4. The van der Waals surface area contributed by atoms with E-state index in [2.05, 4.69) is 5.32 Å². The van der Waals surface area contributed by atoms with Crippen molar-refractivity contribution >= 4 is 23.7 Å². The molecule has 3 saturated heterocycles. The van der Waals surface area contributed by atoms with Gasteiger partial charge in [-0.3, -0.25) is 14.4 Å².